The number of thiophene rings is 1. The molecule has 0 aromatic carbocycles. The molecule has 0 radical (unpaired) electrons. The monoisotopic (exact) mass is 533 g/mol. The number of rotatable bonds is 5. The Morgan fingerprint density at radius 3 is 2.48 bits per heavy atom. The lowest BCUT2D eigenvalue weighted by Gasteiger charge is -2.44. The van der Waals surface area contributed by atoms with Crippen molar-refractivity contribution < 1.29 is 4.74 Å². The van der Waals surface area contributed by atoms with Gasteiger partial charge in [0.1, 0.15) is 0 Å². The molecule has 0 aliphatic carbocycles. The average Bonchev–Trinajstić information content (AvgIpc) is 3.47. The second-order valence-corrected chi connectivity index (χ2v) is 9.05. The normalized spacial score (nSPS) is 23.1. The van der Waals surface area contributed by atoms with Gasteiger partial charge in [-0.05, 0) is 63.2 Å². The van der Waals surface area contributed by atoms with Gasteiger partial charge in [0.05, 0.1) is 11.5 Å². The van der Waals surface area contributed by atoms with E-state index in [4.69, 9.17) is 9.73 Å². The summed E-state index contributed by atoms with van der Waals surface area (Å²) in [5.41, 5.74) is 0.203. The Kier molecular flexibility index (Phi) is 8.88. The van der Waals surface area contributed by atoms with Crippen molar-refractivity contribution >= 4 is 46.3 Å². The van der Waals surface area contributed by atoms with Gasteiger partial charge in [0.15, 0.2) is 5.96 Å². The van der Waals surface area contributed by atoms with Crippen LogP contribution >= 0.6 is 35.3 Å². The maximum atomic E-state index is 5.70. The third kappa shape index (κ3) is 5.57. The topological polar surface area (TPSA) is 43.3 Å². The van der Waals surface area contributed by atoms with E-state index in [0.29, 0.717) is 0 Å². The molecule has 3 saturated heterocycles. The molecule has 1 N–H and O–H groups in total. The van der Waals surface area contributed by atoms with Crippen molar-refractivity contribution in [2.24, 2.45) is 4.99 Å². The molecule has 164 valence electrons. The summed E-state index contributed by atoms with van der Waals surface area (Å²) in [6, 6.07) is 4.37. The van der Waals surface area contributed by atoms with E-state index in [-0.39, 0.29) is 29.5 Å². The molecule has 4 rings (SSSR count). The maximum Gasteiger partial charge on any atom is 0.194 e. The SMILES string of the molecule is CCNC(=NCC1(N2CCCC2)CCOCC1)N1CCN(c2cccs2)CC1.I. The van der Waals surface area contributed by atoms with Gasteiger partial charge in [0, 0.05) is 51.5 Å². The summed E-state index contributed by atoms with van der Waals surface area (Å²) < 4.78 is 5.70. The Hall–Kier alpha value is -0.580. The predicted octanol–water partition coefficient (Wildman–Crippen LogP) is 3.10. The number of hydrogen-bond donors (Lipinski definition) is 1. The zero-order chi connectivity index (χ0) is 19.2. The lowest BCUT2D eigenvalue weighted by Crippen LogP contribution is -2.55. The van der Waals surface area contributed by atoms with Crippen LogP contribution < -0.4 is 10.2 Å². The van der Waals surface area contributed by atoms with E-state index in [1.165, 1.54) is 30.9 Å². The van der Waals surface area contributed by atoms with E-state index in [1.54, 1.807) is 0 Å². The summed E-state index contributed by atoms with van der Waals surface area (Å²) in [5, 5.41) is 7.11. The molecule has 8 heteroatoms. The minimum atomic E-state index is 0. The molecule has 3 aliphatic rings. The number of piperazine rings is 1. The Labute approximate surface area is 196 Å². The predicted molar refractivity (Wildman–Crippen MR) is 133 cm³/mol. The molecule has 3 fully saturated rings. The number of nitrogens with zero attached hydrogens (tertiary/aromatic N) is 4. The van der Waals surface area contributed by atoms with E-state index in [2.05, 4.69) is 44.5 Å². The van der Waals surface area contributed by atoms with Crippen LogP contribution in [0.3, 0.4) is 0 Å². The van der Waals surface area contributed by atoms with Crippen LogP contribution in [0.15, 0.2) is 22.5 Å². The first-order valence-corrected chi connectivity index (χ1v) is 11.8. The minimum absolute atomic E-state index is 0. The van der Waals surface area contributed by atoms with Crippen molar-refractivity contribution in [3.8, 4) is 0 Å². The van der Waals surface area contributed by atoms with Gasteiger partial charge in [-0.1, -0.05) is 0 Å². The number of anilines is 1. The number of nitrogens with one attached hydrogen (secondary N) is 1. The van der Waals surface area contributed by atoms with Crippen molar-refractivity contribution in [2.45, 2.75) is 38.1 Å². The van der Waals surface area contributed by atoms with Crippen LogP contribution in [0.1, 0.15) is 32.6 Å². The Balaban J connectivity index is 0.00000240. The first kappa shape index (κ1) is 23.1. The third-order valence-electron chi connectivity index (χ3n) is 6.46. The van der Waals surface area contributed by atoms with Gasteiger partial charge in [-0.25, -0.2) is 0 Å². The zero-order valence-corrected chi connectivity index (χ0v) is 20.8. The molecule has 1 aromatic rings. The highest BCUT2D eigenvalue weighted by Gasteiger charge is 2.39. The molecule has 0 bridgehead atoms. The molecule has 0 saturated carbocycles. The quantitative estimate of drug-likeness (QED) is 0.358. The van der Waals surface area contributed by atoms with Gasteiger partial charge in [0.25, 0.3) is 0 Å². The van der Waals surface area contributed by atoms with Crippen molar-refractivity contribution in [3.63, 3.8) is 0 Å². The molecular weight excluding hydrogens is 497 g/mol. The smallest absolute Gasteiger partial charge is 0.194 e. The summed E-state index contributed by atoms with van der Waals surface area (Å²) in [6.07, 6.45) is 4.89. The molecule has 6 nitrogen and oxygen atoms in total. The molecule has 0 atom stereocenters. The number of aliphatic imine (C=N–C) groups is 1. The van der Waals surface area contributed by atoms with Crippen LogP contribution in [0.4, 0.5) is 5.00 Å². The second kappa shape index (κ2) is 11.2. The lowest BCUT2D eigenvalue weighted by molar-refractivity contribution is -0.0139. The van der Waals surface area contributed by atoms with Crippen molar-refractivity contribution in [1.29, 1.82) is 0 Å². The van der Waals surface area contributed by atoms with Gasteiger partial charge in [0.2, 0.25) is 0 Å². The number of guanidine groups is 1. The Bertz CT molecular complexity index is 621. The second-order valence-electron chi connectivity index (χ2n) is 8.13. The van der Waals surface area contributed by atoms with E-state index >= 15 is 0 Å². The standard InChI is InChI=1S/C21H35N5OS.HI/c1-2-22-20(25-13-11-24(12-14-25)19-6-5-17-28-19)23-18-21(7-15-27-16-8-21)26-9-3-4-10-26;/h5-6,17H,2-4,7-16,18H2,1H3,(H,22,23);1H. The number of hydrogen-bond acceptors (Lipinski definition) is 5. The Morgan fingerprint density at radius 2 is 1.86 bits per heavy atom. The third-order valence-corrected chi connectivity index (χ3v) is 7.38. The van der Waals surface area contributed by atoms with Crippen molar-refractivity contribution in [2.75, 3.05) is 70.5 Å². The Morgan fingerprint density at radius 1 is 1.14 bits per heavy atom. The minimum Gasteiger partial charge on any atom is -0.381 e. The van der Waals surface area contributed by atoms with Crippen molar-refractivity contribution in [3.05, 3.63) is 17.5 Å². The van der Waals surface area contributed by atoms with E-state index < -0.39 is 0 Å². The highest BCUT2D eigenvalue weighted by molar-refractivity contribution is 14.0. The van der Waals surface area contributed by atoms with E-state index in [0.717, 1.165) is 71.3 Å². The highest BCUT2D eigenvalue weighted by Crippen LogP contribution is 2.32. The van der Waals surface area contributed by atoms with Crippen LogP contribution in [0.5, 0.6) is 0 Å². The van der Waals surface area contributed by atoms with Crippen LogP contribution in [0.2, 0.25) is 0 Å². The fraction of sp³-hybridized carbons (Fsp3) is 0.762. The summed E-state index contributed by atoms with van der Waals surface area (Å²) in [4.78, 5) is 12.8. The van der Waals surface area contributed by atoms with Gasteiger partial charge in [-0.15, -0.1) is 35.3 Å². The van der Waals surface area contributed by atoms with Crippen LogP contribution in [0.25, 0.3) is 0 Å². The number of likely N-dealkylation sites (tertiary alicyclic amines) is 1. The molecule has 3 aliphatic heterocycles. The zero-order valence-electron chi connectivity index (χ0n) is 17.6. The molecule has 0 amide bonds. The molecule has 0 spiro atoms. The molecule has 0 unspecified atom stereocenters. The summed E-state index contributed by atoms with van der Waals surface area (Å²) >= 11 is 1.84. The van der Waals surface area contributed by atoms with Crippen LogP contribution in [-0.4, -0.2) is 86.9 Å². The maximum absolute atomic E-state index is 5.70. The van der Waals surface area contributed by atoms with Gasteiger partial charge < -0.3 is 19.9 Å². The first-order valence-electron chi connectivity index (χ1n) is 11.0. The summed E-state index contributed by atoms with van der Waals surface area (Å²) in [5.74, 6) is 1.10. The summed E-state index contributed by atoms with van der Waals surface area (Å²) in [7, 11) is 0. The average molecular weight is 534 g/mol. The molecule has 29 heavy (non-hydrogen) atoms. The molecular formula is C21H36IN5OS. The summed E-state index contributed by atoms with van der Waals surface area (Å²) in [6.45, 7) is 12.4. The van der Waals surface area contributed by atoms with E-state index in [1.807, 2.05) is 11.3 Å². The van der Waals surface area contributed by atoms with Gasteiger partial charge >= 0.3 is 0 Å². The van der Waals surface area contributed by atoms with Crippen LogP contribution in [0, 0.1) is 0 Å². The number of ether oxygens (including phenoxy) is 1. The fourth-order valence-corrected chi connectivity index (χ4v) is 5.54. The molecule has 4 heterocycles. The number of halogens is 1. The highest BCUT2D eigenvalue weighted by atomic mass is 127. The van der Waals surface area contributed by atoms with Gasteiger partial charge in [-0.2, -0.15) is 0 Å². The van der Waals surface area contributed by atoms with Gasteiger partial charge in [-0.3, -0.25) is 9.89 Å². The van der Waals surface area contributed by atoms with Crippen molar-refractivity contribution in [1.82, 2.24) is 15.1 Å². The van der Waals surface area contributed by atoms with E-state index in [9.17, 15) is 0 Å². The lowest BCUT2D eigenvalue weighted by atomic mass is 9.88. The fourth-order valence-electron chi connectivity index (χ4n) is 4.75. The first-order chi connectivity index (χ1) is 13.8. The van der Waals surface area contributed by atoms with Crippen LogP contribution in [-0.2, 0) is 4.74 Å². The largest absolute Gasteiger partial charge is 0.381 e. The molecule has 1 aromatic heterocycles.